The van der Waals surface area contributed by atoms with Crippen molar-refractivity contribution in [3.8, 4) is 11.3 Å². The number of nitrogens with one attached hydrogen (secondary N) is 2. The van der Waals surface area contributed by atoms with Crippen LogP contribution < -0.4 is 5.32 Å². The zero-order valence-corrected chi connectivity index (χ0v) is 13.9. The number of carbonyl (C=O) groups is 1. The number of amides is 1. The minimum Gasteiger partial charge on any atom is -0.348 e. The summed E-state index contributed by atoms with van der Waals surface area (Å²) < 4.78 is 0. The Bertz CT molecular complexity index is 774. The summed E-state index contributed by atoms with van der Waals surface area (Å²) >= 11 is 1.55. The van der Waals surface area contributed by atoms with Gasteiger partial charge in [-0.25, -0.2) is 4.98 Å². The lowest BCUT2D eigenvalue weighted by atomic mass is 10.2. The maximum atomic E-state index is 11.9. The van der Waals surface area contributed by atoms with Crippen molar-refractivity contribution in [1.82, 2.24) is 20.3 Å². The molecular weight excluding hydrogens is 320 g/mol. The number of rotatable bonds is 7. The zero-order valence-electron chi connectivity index (χ0n) is 13.1. The summed E-state index contributed by atoms with van der Waals surface area (Å²) in [5.41, 5.74) is 3.01. The topological polar surface area (TPSA) is 70.7 Å². The summed E-state index contributed by atoms with van der Waals surface area (Å²) in [5, 5.41) is 2.88. The molecule has 0 aliphatic carbocycles. The number of nitrogens with zero attached hydrogens (tertiary/aromatic N) is 2. The molecule has 1 aromatic carbocycles. The maximum absolute atomic E-state index is 11.9. The van der Waals surface area contributed by atoms with Crippen LogP contribution in [-0.2, 0) is 17.1 Å². The summed E-state index contributed by atoms with van der Waals surface area (Å²) in [6.45, 7) is 0.399. The quantitative estimate of drug-likeness (QED) is 0.695. The molecule has 0 saturated carbocycles. The molecule has 0 unspecified atom stereocenters. The summed E-state index contributed by atoms with van der Waals surface area (Å²) in [6, 6.07) is 15.8. The third-order valence-corrected chi connectivity index (χ3v) is 4.34. The molecule has 5 nitrogen and oxygen atoms in total. The lowest BCUT2D eigenvalue weighted by Crippen LogP contribution is -2.25. The van der Waals surface area contributed by atoms with Gasteiger partial charge in [0, 0.05) is 11.9 Å². The standard InChI is InChI=1S/C18H18N4OS/c23-18(13-24-12-15-8-4-5-9-19-15)21-11-17-20-10-16(22-17)14-6-2-1-3-7-14/h1-10H,11-13H2,(H,20,22)(H,21,23). The fourth-order valence-corrected chi connectivity index (χ4v) is 2.95. The highest BCUT2D eigenvalue weighted by atomic mass is 32.2. The van der Waals surface area contributed by atoms with E-state index in [0.29, 0.717) is 12.3 Å². The number of pyridine rings is 1. The van der Waals surface area contributed by atoms with Crippen LogP contribution in [0.2, 0.25) is 0 Å². The summed E-state index contributed by atoms with van der Waals surface area (Å²) in [6.07, 6.45) is 3.55. The lowest BCUT2D eigenvalue weighted by molar-refractivity contribution is -0.118. The van der Waals surface area contributed by atoms with E-state index in [9.17, 15) is 4.79 Å². The molecule has 3 aromatic rings. The number of H-pyrrole nitrogens is 1. The molecular formula is C18H18N4OS. The van der Waals surface area contributed by atoms with Gasteiger partial charge >= 0.3 is 0 Å². The van der Waals surface area contributed by atoms with Crippen LogP contribution in [0.25, 0.3) is 11.3 Å². The number of aromatic amines is 1. The van der Waals surface area contributed by atoms with E-state index in [4.69, 9.17) is 0 Å². The first kappa shape index (κ1) is 16.3. The average Bonchev–Trinajstić information content (AvgIpc) is 3.11. The number of hydrogen-bond donors (Lipinski definition) is 2. The highest BCUT2D eigenvalue weighted by molar-refractivity contribution is 7.99. The largest absolute Gasteiger partial charge is 0.348 e. The van der Waals surface area contributed by atoms with Gasteiger partial charge in [0.25, 0.3) is 0 Å². The number of thioether (sulfide) groups is 1. The number of hydrogen-bond acceptors (Lipinski definition) is 4. The Morgan fingerprint density at radius 1 is 1.08 bits per heavy atom. The van der Waals surface area contributed by atoms with Crippen molar-refractivity contribution < 1.29 is 4.79 Å². The molecule has 0 aliphatic rings. The predicted octanol–water partition coefficient (Wildman–Crippen LogP) is 3.02. The van der Waals surface area contributed by atoms with E-state index in [2.05, 4.69) is 20.3 Å². The molecule has 24 heavy (non-hydrogen) atoms. The minimum atomic E-state index is -0.00593. The van der Waals surface area contributed by atoms with Crippen molar-refractivity contribution in [3.05, 3.63) is 72.4 Å². The van der Waals surface area contributed by atoms with Crippen molar-refractivity contribution in [3.63, 3.8) is 0 Å². The van der Waals surface area contributed by atoms with Gasteiger partial charge in [0.05, 0.1) is 29.9 Å². The molecule has 122 valence electrons. The van der Waals surface area contributed by atoms with E-state index < -0.39 is 0 Å². The van der Waals surface area contributed by atoms with Gasteiger partial charge in [-0.2, -0.15) is 0 Å². The first-order valence-corrected chi connectivity index (χ1v) is 8.80. The summed E-state index contributed by atoms with van der Waals surface area (Å²) in [4.78, 5) is 23.7. The number of imidazole rings is 1. The smallest absolute Gasteiger partial charge is 0.230 e. The Hall–Kier alpha value is -2.60. The Morgan fingerprint density at radius 3 is 2.71 bits per heavy atom. The molecule has 0 saturated heterocycles. The molecule has 2 N–H and O–H groups in total. The van der Waals surface area contributed by atoms with Gasteiger partial charge in [0.1, 0.15) is 5.82 Å². The Morgan fingerprint density at radius 2 is 1.92 bits per heavy atom. The fourth-order valence-electron chi connectivity index (χ4n) is 2.18. The van der Waals surface area contributed by atoms with E-state index in [1.807, 2.05) is 48.5 Å². The van der Waals surface area contributed by atoms with Crippen molar-refractivity contribution in [2.24, 2.45) is 0 Å². The number of carbonyl (C=O) groups excluding carboxylic acids is 1. The van der Waals surface area contributed by atoms with Gasteiger partial charge in [0.15, 0.2) is 0 Å². The molecule has 1 amide bonds. The second kappa shape index (κ2) is 8.31. The highest BCUT2D eigenvalue weighted by Gasteiger charge is 2.06. The van der Waals surface area contributed by atoms with Crippen LogP contribution in [0.3, 0.4) is 0 Å². The van der Waals surface area contributed by atoms with Crippen LogP contribution in [0.5, 0.6) is 0 Å². The normalized spacial score (nSPS) is 10.5. The van der Waals surface area contributed by atoms with Gasteiger partial charge in [-0.05, 0) is 17.7 Å². The van der Waals surface area contributed by atoms with E-state index in [1.165, 1.54) is 0 Å². The molecule has 0 aliphatic heterocycles. The van der Waals surface area contributed by atoms with Crippen molar-refractivity contribution >= 4 is 17.7 Å². The number of benzene rings is 1. The first-order chi connectivity index (χ1) is 11.8. The molecule has 0 bridgehead atoms. The molecule has 2 heterocycles. The van der Waals surface area contributed by atoms with Gasteiger partial charge in [-0.3, -0.25) is 9.78 Å². The van der Waals surface area contributed by atoms with Gasteiger partial charge in [-0.15, -0.1) is 11.8 Å². The van der Waals surface area contributed by atoms with Crippen LogP contribution in [0.4, 0.5) is 0 Å². The van der Waals surface area contributed by atoms with Crippen LogP contribution in [0.1, 0.15) is 11.5 Å². The second-order valence-electron chi connectivity index (χ2n) is 5.20. The van der Waals surface area contributed by atoms with E-state index in [-0.39, 0.29) is 5.91 Å². The second-order valence-corrected chi connectivity index (χ2v) is 6.19. The molecule has 3 rings (SSSR count). The van der Waals surface area contributed by atoms with Crippen LogP contribution in [0, 0.1) is 0 Å². The van der Waals surface area contributed by atoms with Crippen molar-refractivity contribution in [1.29, 1.82) is 0 Å². The maximum Gasteiger partial charge on any atom is 0.230 e. The molecule has 0 fully saturated rings. The monoisotopic (exact) mass is 338 g/mol. The minimum absolute atomic E-state index is 0.00593. The van der Waals surface area contributed by atoms with Crippen molar-refractivity contribution in [2.45, 2.75) is 12.3 Å². The average molecular weight is 338 g/mol. The third-order valence-electron chi connectivity index (χ3n) is 3.38. The third kappa shape index (κ3) is 4.70. The van der Waals surface area contributed by atoms with E-state index in [0.717, 1.165) is 28.5 Å². The van der Waals surface area contributed by atoms with E-state index >= 15 is 0 Å². The Kier molecular flexibility index (Phi) is 5.63. The lowest BCUT2D eigenvalue weighted by Gasteiger charge is -2.03. The molecule has 0 spiro atoms. The Labute approximate surface area is 144 Å². The van der Waals surface area contributed by atoms with Gasteiger partial charge in [0.2, 0.25) is 5.91 Å². The SMILES string of the molecule is O=C(CSCc1ccccn1)NCc1ncc(-c2ccccc2)[nH]1. The van der Waals surface area contributed by atoms with E-state index in [1.54, 1.807) is 24.2 Å². The van der Waals surface area contributed by atoms with Crippen LogP contribution in [0.15, 0.2) is 60.9 Å². The van der Waals surface area contributed by atoms with Gasteiger partial charge < -0.3 is 10.3 Å². The van der Waals surface area contributed by atoms with Crippen LogP contribution in [-0.4, -0.2) is 26.6 Å². The highest BCUT2D eigenvalue weighted by Crippen LogP contribution is 2.16. The molecule has 0 atom stereocenters. The molecule has 6 heteroatoms. The fraction of sp³-hybridized carbons (Fsp3) is 0.167. The zero-order chi connectivity index (χ0) is 16.6. The van der Waals surface area contributed by atoms with Gasteiger partial charge in [-0.1, -0.05) is 36.4 Å². The van der Waals surface area contributed by atoms with Crippen molar-refractivity contribution in [2.75, 3.05) is 5.75 Å². The summed E-state index contributed by atoms with van der Waals surface area (Å²) in [7, 11) is 0. The number of aromatic nitrogens is 3. The molecule has 2 aromatic heterocycles. The predicted molar refractivity (Wildman–Crippen MR) is 96.3 cm³/mol. The van der Waals surface area contributed by atoms with Crippen LogP contribution >= 0.6 is 11.8 Å². The Balaban J connectivity index is 1.42. The molecule has 0 radical (unpaired) electrons. The summed E-state index contributed by atoms with van der Waals surface area (Å²) in [5.74, 6) is 1.88. The first-order valence-electron chi connectivity index (χ1n) is 7.65.